The number of nitrogen functional groups attached to an aromatic ring is 1. The van der Waals surface area contributed by atoms with Crippen LogP contribution in [-0.4, -0.2) is 12.5 Å². The molecule has 106 valence electrons. The van der Waals surface area contributed by atoms with E-state index in [1.54, 1.807) is 12.1 Å². The van der Waals surface area contributed by atoms with E-state index in [9.17, 15) is 9.18 Å². The van der Waals surface area contributed by atoms with Crippen molar-refractivity contribution in [2.45, 2.75) is 13.5 Å². The van der Waals surface area contributed by atoms with Crippen molar-refractivity contribution in [3.8, 4) is 0 Å². The number of nitrogens with one attached hydrogen (secondary N) is 1. The second kappa shape index (κ2) is 6.21. The predicted octanol–water partition coefficient (Wildman–Crippen LogP) is 2.05. The van der Waals surface area contributed by atoms with Gasteiger partial charge in [0.1, 0.15) is 5.82 Å². The maximum atomic E-state index is 13.3. The average molecular weight is 277 g/mol. The lowest BCUT2D eigenvalue weighted by molar-refractivity contribution is 0.0924. The quantitative estimate of drug-likeness (QED) is 0.498. The van der Waals surface area contributed by atoms with Crippen LogP contribution in [0.4, 0.5) is 10.1 Å². The van der Waals surface area contributed by atoms with Crippen LogP contribution in [0.3, 0.4) is 0 Å². The lowest BCUT2D eigenvalue weighted by Gasteiger charge is -2.22. The Morgan fingerprint density at radius 1 is 1.45 bits per heavy atom. The van der Waals surface area contributed by atoms with Crippen LogP contribution in [0.5, 0.6) is 0 Å². The van der Waals surface area contributed by atoms with Crippen molar-refractivity contribution in [2.75, 3.05) is 11.4 Å². The summed E-state index contributed by atoms with van der Waals surface area (Å²) in [6, 6.07) is 8.01. The molecular formula is C14H16FN3O2. The number of nitrogens with two attached hydrogens (primary N) is 1. The third-order valence-electron chi connectivity index (χ3n) is 3.00. The van der Waals surface area contributed by atoms with Crippen molar-refractivity contribution in [1.82, 2.24) is 5.43 Å². The molecule has 1 heterocycles. The summed E-state index contributed by atoms with van der Waals surface area (Å²) in [4.78, 5) is 13.5. The van der Waals surface area contributed by atoms with Gasteiger partial charge in [-0.3, -0.25) is 10.2 Å². The summed E-state index contributed by atoms with van der Waals surface area (Å²) in [5, 5.41) is 0. The molecule has 0 bridgehead atoms. The molecule has 6 heteroatoms. The summed E-state index contributed by atoms with van der Waals surface area (Å²) in [7, 11) is 0. The largest absolute Gasteiger partial charge is 0.459 e. The normalized spacial score (nSPS) is 10.3. The van der Waals surface area contributed by atoms with Gasteiger partial charge in [0, 0.05) is 24.3 Å². The Balaban J connectivity index is 2.23. The van der Waals surface area contributed by atoms with Crippen LogP contribution in [-0.2, 0) is 6.54 Å². The monoisotopic (exact) mass is 277 g/mol. The molecule has 0 radical (unpaired) electrons. The van der Waals surface area contributed by atoms with Crippen LogP contribution >= 0.6 is 0 Å². The first-order chi connectivity index (χ1) is 9.65. The number of halogens is 1. The standard InChI is InChI=1S/C14H16FN3O2/c1-2-18(12-5-3-4-11(15)8-12)9-10-6-7-20-13(10)14(19)17-16/h3-8H,2,9,16H2,1H3,(H,17,19). The van der Waals surface area contributed by atoms with Crippen molar-refractivity contribution in [3.05, 3.63) is 53.7 Å². The van der Waals surface area contributed by atoms with Crippen LogP contribution in [0.15, 0.2) is 41.0 Å². The smallest absolute Gasteiger partial charge is 0.301 e. The van der Waals surface area contributed by atoms with E-state index in [-0.39, 0.29) is 11.6 Å². The number of carbonyl (C=O) groups excluding carboxylic acids is 1. The zero-order chi connectivity index (χ0) is 14.5. The van der Waals surface area contributed by atoms with Crippen LogP contribution < -0.4 is 16.2 Å². The minimum atomic E-state index is -0.486. The van der Waals surface area contributed by atoms with E-state index >= 15 is 0 Å². The van der Waals surface area contributed by atoms with Crippen molar-refractivity contribution < 1.29 is 13.6 Å². The molecule has 0 fully saturated rings. The molecule has 1 amide bonds. The van der Waals surface area contributed by atoms with Gasteiger partial charge in [-0.15, -0.1) is 0 Å². The fraction of sp³-hybridized carbons (Fsp3) is 0.214. The number of benzene rings is 1. The van der Waals surface area contributed by atoms with Gasteiger partial charge in [0.05, 0.1) is 6.26 Å². The fourth-order valence-corrected chi connectivity index (χ4v) is 1.99. The molecule has 2 aromatic rings. The number of nitrogens with zero attached hydrogens (tertiary/aromatic N) is 1. The molecule has 0 aliphatic heterocycles. The second-order valence-corrected chi connectivity index (χ2v) is 4.24. The third kappa shape index (κ3) is 2.97. The van der Waals surface area contributed by atoms with E-state index in [2.05, 4.69) is 0 Å². The highest BCUT2D eigenvalue weighted by Crippen LogP contribution is 2.20. The Hall–Kier alpha value is -2.34. The van der Waals surface area contributed by atoms with Crippen molar-refractivity contribution >= 4 is 11.6 Å². The zero-order valence-electron chi connectivity index (χ0n) is 11.1. The number of anilines is 1. The van der Waals surface area contributed by atoms with Crippen LogP contribution in [0.2, 0.25) is 0 Å². The average Bonchev–Trinajstić information content (AvgIpc) is 2.92. The molecule has 5 nitrogen and oxygen atoms in total. The van der Waals surface area contributed by atoms with Crippen LogP contribution in [0, 0.1) is 5.82 Å². The topological polar surface area (TPSA) is 71.5 Å². The molecule has 0 aliphatic carbocycles. The van der Waals surface area contributed by atoms with E-state index in [1.807, 2.05) is 23.3 Å². The van der Waals surface area contributed by atoms with Crippen LogP contribution in [0.1, 0.15) is 23.0 Å². The molecule has 0 saturated carbocycles. The minimum absolute atomic E-state index is 0.169. The molecule has 1 aromatic carbocycles. The first kappa shape index (κ1) is 14.1. The van der Waals surface area contributed by atoms with E-state index in [1.165, 1.54) is 18.4 Å². The van der Waals surface area contributed by atoms with Gasteiger partial charge in [-0.1, -0.05) is 6.07 Å². The van der Waals surface area contributed by atoms with Gasteiger partial charge >= 0.3 is 5.91 Å². The highest BCUT2D eigenvalue weighted by molar-refractivity contribution is 5.92. The van der Waals surface area contributed by atoms with Crippen molar-refractivity contribution in [3.63, 3.8) is 0 Å². The highest BCUT2D eigenvalue weighted by Gasteiger charge is 2.16. The molecule has 0 spiro atoms. The fourth-order valence-electron chi connectivity index (χ4n) is 1.99. The lowest BCUT2D eigenvalue weighted by atomic mass is 10.2. The molecule has 20 heavy (non-hydrogen) atoms. The van der Waals surface area contributed by atoms with Crippen molar-refractivity contribution in [1.29, 1.82) is 0 Å². The summed E-state index contributed by atoms with van der Waals surface area (Å²) < 4.78 is 18.4. The number of hydrazine groups is 1. The summed E-state index contributed by atoms with van der Waals surface area (Å²) in [6.07, 6.45) is 1.43. The summed E-state index contributed by atoms with van der Waals surface area (Å²) in [6.45, 7) is 3.05. The zero-order valence-corrected chi connectivity index (χ0v) is 11.1. The van der Waals surface area contributed by atoms with Gasteiger partial charge < -0.3 is 9.32 Å². The molecule has 3 N–H and O–H groups in total. The Morgan fingerprint density at radius 3 is 2.90 bits per heavy atom. The van der Waals surface area contributed by atoms with Crippen molar-refractivity contribution in [2.24, 2.45) is 5.84 Å². The summed E-state index contributed by atoms with van der Waals surface area (Å²) >= 11 is 0. The number of rotatable bonds is 5. The summed E-state index contributed by atoms with van der Waals surface area (Å²) in [5.41, 5.74) is 3.47. The first-order valence-electron chi connectivity index (χ1n) is 6.23. The van der Waals surface area contributed by atoms with Gasteiger partial charge in [-0.25, -0.2) is 10.2 Å². The second-order valence-electron chi connectivity index (χ2n) is 4.24. The van der Waals surface area contributed by atoms with E-state index in [0.29, 0.717) is 18.7 Å². The highest BCUT2D eigenvalue weighted by atomic mass is 19.1. The Bertz CT molecular complexity index is 598. The van der Waals surface area contributed by atoms with Gasteiger partial charge in [0.2, 0.25) is 0 Å². The first-order valence-corrected chi connectivity index (χ1v) is 6.23. The maximum Gasteiger partial charge on any atom is 0.301 e. The number of furan rings is 1. The number of hydrogen-bond acceptors (Lipinski definition) is 4. The Labute approximate surface area is 116 Å². The molecule has 2 rings (SSSR count). The van der Waals surface area contributed by atoms with Gasteiger partial charge in [-0.2, -0.15) is 0 Å². The van der Waals surface area contributed by atoms with E-state index < -0.39 is 5.91 Å². The SMILES string of the molecule is CCN(Cc1ccoc1C(=O)NN)c1cccc(F)c1. The van der Waals surface area contributed by atoms with Crippen LogP contribution in [0.25, 0.3) is 0 Å². The minimum Gasteiger partial charge on any atom is -0.459 e. The lowest BCUT2D eigenvalue weighted by Crippen LogP contribution is -2.31. The number of hydrogen-bond donors (Lipinski definition) is 2. The Morgan fingerprint density at radius 2 is 2.25 bits per heavy atom. The molecule has 1 aromatic heterocycles. The Kier molecular flexibility index (Phi) is 4.37. The van der Waals surface area contributed by atoms with Gasteiger partial charge in [-0.05, 0) is 31.2 Å². The predicted molar refractivity (Wildman–Crippen MR) is 73.5 cm³/mol. The van der Waals surface area contributed by atoms with E-state index in [0.717, 1.165) is 5.69 Å². The molecule has 0 aliphatic rings. The van der Waals surface area contributed by atoms with E-state index in [4.69, 9.17) is 10.3 Å². The molecule has 0 saturated heterocycles. The number of carbonyl (C=O) groups is 1. The molecule has 0 atom stereocenters. The molecular weight excluding hydrogens is 261 g/mol. The number of amides is 1. The third-order valence-corrected chi connectivity index (χ3v) is 3.00. The summed E-state index contributed by atoms with van der Waals surface area (Å²) in [5.74, 6) is 4.49. The van der Waals surface area contributed by atoms with Gasteiger partial charge in [0.25, 0.3) is 0 Å². The maximum absolute atomic E-state index is 13.3. The molecule has 0 unspecified atom stereocenters. The van der Waals surface area contributed by atoms with Gasteiger partial charge in [0.15, 0.2) is 5.76 Å².